The van der Waals surface area contributed by atoms with Gasteiger partial charge in [0, 0.05) is 37.8 Å². The van der Waals surface area contributed by atoms with Crippen molar-refractivity contribution in [2.24, 2.45) is 4.99 Å². The van der Waals surface area contributed by atoms with Crippen LogP contribution in [0.3, 0.4) is 0 Å². The summed E-state index contributed by atoms with van der Waals surface area (Å²) in [5.74, 6) is 1.38. The van der Waals surface area contributed by atoms with Crippen LogP contribution < -0.4 is 15.4 Å². The molecule has 0 radical (unpaired) electrons. The summed E-state index contributed by atoms with van der Waals surface area (Å²) in [6.45, 7) is 7.18. The van der Waals surface area contributed by atoms with E-state index >= 15 is 0 Å². The van der Waals surface area contributed by atoms with Crippen LogP contribution in [-0.4, -0.2) is 44.1 Å². The number of rotatable bonds is 10. The predicted molar refractivity (Wildman–Crippen MR) is 127 cm³/mol. The number of non-ortho nitro benzene ring substituents is 1. The van der Waals surface area contributed by atoms with Gasteiger partial charge in [0.25, 0.3) is 5.69 Å². The molecule has 0 fully saturated rings. The smallest absolute Gasteiger partial charge is 0.270 e. The first-order chi connectivity index (χ1) is 14.2. The molecule has 0 aliphatic rings. The molecule has 0 atom stereocenters. The minimum Gasteiger partial charge on any atom is -0.359 e. The van der Waals surface area contributed by atoms with Crippen molar-refractivity contribution in [2.75, 3.05) is 19.6 Å². The Bertz CT molecular complexity index is 993. The maximum Gasteiger partial charge on any atom is 0.270 e. The average Bonchev–Trinajstić information content (AvgIpc) is 3.19. The molecule has 1 heterocycles. The van der Waals surface area contributed by atoms with Gasteiger partial charge in [-0.1, -0.05) is 25.1 Å². The van der Waals surface area contributed by atoms with Crippen LogP contribution in [0.15, 0.2) is 44.7 Å². The summed E-state index contributed by atoms with van der Waals surface area (Å²) in [7, 11) is -3.87. The molecule has 13 heteroatoms. The van der Waals surface area contributed by atoms with Crippen molar-refractivity contribution in [2.45, 2.75) is 38.1 Å². The quantitative estimate of drug-likeness (QED) is 0.0991. The zero-order chi connectivity index (χ0) is 22.1. The van der Waals surface area contributed by atoms with Gasteiger partial charge in [0.2, 0.25) is 10.0 Å². The third-order valence-electron chi connectivity index (χ3n) is 3.95. The van der Waals surface area contributed by atoms with Gasteiger partial charge in [-0.2, -0.15) is 0 Å². The number of sulfonamides is 1. The molecule has 0 saturated carbocycles. The van der Waals surface area contributed by atoms with Crippen LogP contribution in [0.5, 0.6) is 0 Å². The van der Waals surface area contributed by atoms with Crippen LogP contribution in [0.4, 0.5) is 5.69 Å². The summed E-state index contributed by atoms with van der Waals surface area (Å²) in [6, 6.07) is 6.74. The Kier molecular flexibility index (Phi) is 10.8. The third-order valence-corrected chi connectivity index (χ3v) is 5.41. The number of aliphatic imine (C=N–C) groups is 1. The van der Waals surface area contributed by atoms with Crippen molar-refractivity contribution in [3.05, 3.63) is 51.9 Å². The molecule has 0 amide bonds. The maximum absolute atomic E-state index is 12.3. The van der Waals surface area contributed by atoms with Crippen LogP contribution in [0.2, 0.25) is 0 Å². The minimum atomic E-state index is -3.87. The summed E-state index contributed by atoms with van der Waals surface area (Å²) < 4.78 is 32.3. The van der Waals surface area contributed by atoms with E-state index in [9.17, 15) is 18.5 Å². The molecule has 3 N–H and O–H groups in total. The highest BCUT2D eigenvalue weighted by atomic mass is 127. The fourth-order valence-electron chi connectivity index (χ4n) is 2.39. The van der Waals surface area contributed by atoms with E-state index in [1.165, 1.54) is 18.2 Å². The van der Waals surface area contributed by atoms with Crippen molar-refractivity contribution in [1.29, 1.82) is 0 Å². The maximum atomic E-state index is 12.3. The van der Waals surface area contributed by atoms with Gasteiger partial charge in [-0.15, -0.1) is 24.0 Å². The number of nitrogens with one attached hydrogen (secondary N) is 3. The van der Waals surface area contributed by atoms with Gasteiger partial charge in [0.15, 0.2) is 11.7 Å². The number of halogens is 1. The number of nitrogens with zero attached hydrogens (tertiary/aromatic N) is 3. The van der Waals surface area contributed by atoms with E-state index in [-0.39, 0.29) is 60.1 Å². The first kappa shape index (κ1) is 26.8. The molecule has 0 bridgehead atoms. The molecule has 11 nitrogen and oxygen atoms in total. The predicted octanol–water partition coefficient (Wildman–Crippen LogP) is 2.36. The Balaban J connectivity index is 0.00000480. The largest absolute Gasteiger partial charge is 0.359 e. The molecule has 172 valence electrons. The molecular weight excluding hydrogens is 539 g/mol. The summed E-state index contributed by atoms with van der Waals surface area (Å²) in [6.07, 6.45) is 0. The highest BCUT2D eigenvalue weighted by Gasteiger charge is 2.17. The molecular formula is C18H27IN6O5S. The highest BCUT2D eigenvalue weighted by molar-refractivity contribution is 14.0. The van der Waals surface area contributed by atoms with Gasteiger partial charge in [-0.3, -0.25) is 10.1 Å². The van der Waals surface area contributed by atoms with Crippen molar-refractivity contribution in [1.82, 2.24) is 20.5 Å². The van der Waals surface area contributed by atoms with Gasteiger partial charge in [-0.25, -0.2) is 18.1 Å². The average molecular weight is 566 g/mol. The fourth-order valence-corrected chi connectivity index (χ4v) is 3.46. The topological polar surface area (TPSA) is 152 Å². The zero-order valence-electron chi connectivity index (χ0n) is 17.5. The van der Waals surface area contributed by atoms with E-state index in [1.807, 2.05) is 26.8 Å². The molecule has 0 saturated heterocycles. The molecule has 1 aromatic heterocycles. The lowest BCUT2D eigenvalue weighted by Gasteiger charge is -2.11. The van der Waals surface area contributed by atoms with Gasteiger partial charge in [-0.05, 0) is 18.9 Å². The van der Waals surface area contributed by atoms with Crippen LogP contribution in [-0.2, 0) is 16.6 Å². The molecule has 2 aromatic rings. The van der Waals surface area contributed by atoms with Gasteiger partial charge in [0.05, 0.1) is 15.5 Å². The number of guanidine groups is 1. The van der Waals surface area contributed by atoms with Gasteiger partial charge < -0.3 is 15.2 Å². The molecule has 0 spiro atoms. The lowest BCUT2D eigenvalue weighted by molar-refractivity contribution is -0.385. The molecule has 0 unspecified atom stereocenters. The number of hydrogen-bond donors (Lipinski definition) is 3. The number of benzene rings is 1. The second kappa shape index (κ2) is 12.6. The molecule has 1 aromatic carbocycles. The molecule has 0 aliphatic carbocycles. The zero-order valence-corrected chi connectivity index (χ0v) is 20.6. The Labute approximate surface area is 198 Å². The number of aromatic nitrogens is 1. The minimum absolute atomic E-state index is 0. The summed E-state index contributed by atoms with van der Waals surface area (Å²) in [4.78, 5) is 14.4. The van der Waals surface area contributed by atoms with Crippen LogP contribution in [0.25, 0.3) is 0 Å². The molecule has 31 heavy (non-hydrogen) atoms. The van der Waals surface area contributed by atoms with Crippen molar-refractivity contribution in [3.63, 3.8) is 0 Å². The van der Waals surface area contributed by atoms with E-state index in [0.717, 1.165) is 11.8 Å². The fraction of sp³-hybridized carbons (Fsp3) is 0.444. The van der Waals surface area contributed by atoms with Crippen molar-refractivity contribution in [3.8, 4) is 0 Å². The summed E-state index contributed by atoms with van der Waals surface area (Å²) >= 11 is 0. The van der Waals surface area contributed by atoms with E-state index in [4.69, 9.17) is 4.52 Å². The first-order valence-electron chi connectivity index (χ1n) is 9.44. The van der Waals surface area contributed by atoms with Crippen molar-refractivity contribution >= 4 is 45.6 Å². The molecule has 2 rings (SSSR count). The van der Waals surface area contributed by atoms with Gasteiger partial charge >= 0.3 is 0 Å². The van der Waals surface area contributed by atoms with E-state index < -0.39 is 14.9 Å². The summed E-state index contributed by atoms with van der Waals surface area (Å²) in [5, 5.41) is 20.9. The van der Waals surface area contributed by atoms with Crippen LogP contribution in [0.1, 0.15) is 38.1 Å². The Morgan fingerprint density at radius 1 is 1.26 bits per heavy atom. The van der Waals surface area contributed by atoms with Crippen LogP contribution >= 0.6 is 24.0 Å². The summed E-state index contributed by atoms with van der Waals surface area (Å²) in [5.41, 5.74) is 0.569. The number of nitro benzene ring substituents is 1. The van der Waals surface area contributed by atoms with Gasteiger partial charge in [0.1, 0.15) is 6.54 Å². The molecule has 0 aliphatic heterocycles. The third kappa shape index (κ3) is 8.41. The standard InChI is InChI=1S/C18H26N6O5S.HI/c1-4-19-18(21-12-15-11-17(13(2)3)23-29-15)20-8-9-22-30(27,28)16-7-5-6-14(10-16)24(25)26;/h5-7,10-11,13,22H,4,8-9,12H2,1-3H3,(H2,19,20,21);1H. The van der Waals surface area contributed by atoms with E-state index in [1.54, 1.807) is 0 Å². The monoisotopic (exact) mass is 566 g/mol. The Hall–Kier alpha value is -2.26. The first-order valence-corrected chi connectivity index (χ1v) is 10.9. The van der Waals surface area contributed by atoms with E-state index in [0.29, 0.717) is 18.3 Å². The highest BCUT2D eigenvalue weighted by Crippen LogP contribution is 2.17. The van der Waals surface area contributed by atoms with Crippen molar-refractivity contribution < 1.29 is 17.9 Å². The lowest BCUT2D eigenvalue weighted by atomic mass is 10.1. The van der Waals surface area contributed by atoms with E-state index in [2.05, 4.69) is 25.5 Å². The Morgan fingerprint density at radius 3 is 2.61 bits per heavy atom. The number of hydrogen-bond acceptors (Lipinski definition) is 7. The second-order valence-electron chi connectivity index (χ2n) is 6.65. The number of nitro groups is 1. The second-order valence-corrected chi connectivity index (χ2v) is 8.41. The lowest BCUT2D eigenvalue weighted by Crippen LogP contribution is -2.41. The normalized spacial score (nSPS) is 11.8. The van der Waals surface area contributed by atoms with Crippen LogP contribution in [0, 0.1) is 10.1 Å². The SMILES string of the molecule is CCNC(=NCc1cc(C(C)C)no1)NCCNS(=O)(=O)c1cccc([N+](=O)[O-])c1.I. The Morgan fingerprint density at radius 2 is 2.00 bits per heavy atom.